The quantitative estimate of drug-likeness (QED) is 0.492. The van der Waals surface area contributed by atoms with Crippen molar-refractivity contribution in [1.82, 2.24) is 4.90 Å². The molecule has 1 heterocycles. The van der Waals surface area contributed by atoms with Crippen molar-refractivity contribution in [2.75, 3.05) is 13.1 Å². The van der Waals surface area contributed by atoms with Gasteiger partial charge >= 0.3 is 0 Å². The maximum absolute atomic E-state index is 8.79. The van der Waals surface area contributed by atoms with Crippen LogP contribution in [-0.4, -0.2) is 28.9 Å². The minimum Gasteiger partial charge on any atom is -0.411 e. The van der Waals surface area contributed by atoms with E-state index in [9.17, 15) is 0 Å². The maximum Gasteiger partial charge on any atom is 0.0806 e. The molecule has 1 aliphatic rings. The average molecular weight is 230 g/mol. The van der Waals surface area contributed by atoms with E-state index in [1.807, 2.05) is 13.0 Å². The number of nitrogens with zero attached hydrogens (tertiary/aromatic N) is 2. The second-order valence-electron chi connectivity index (χ2n) is 4.40. The fourth-order valence-corrected chi connectivity index (χ4v) is 2.11. The molecule has 0 bridgehead atoms. The molecule has 0 aromatic heterocycles. The molecule has 0 fully saturated rings. The summed E-state index contributed by atoms with van der Waals surface area (Å²) in [6.07, 6.45) is 3.19. The third-order valence-corrected chi connectivity index (χ3v) is 3.09. The van der Waals surface area contributed by atoms with Crippen LogP contribution >= 0.6 is 0 Å². The Bertz CT molecular complexity index is 423. The lowest BCUT2D eigenvalue weighted by atomic mass is 10.1. The van der Waals surface area contributed by atoms with Gasteiger partial charge in [-0.3, -0.25) is 4.90 Å². The largest absolute Gasteiger partial charge is 0.411 e. The van der Waals surface area contributed by atoms with Gasteiger partial charge < -0.3 is 5.21 Å². The smallest absolute Gasteiger partial charge is 0.0806 e. The van der Waals surface area contributed by atoms with Gasteiger partial charge in [-0.15, -0.1) is 0 Å². The zero-order chi connectivity index (χ0) is 12.1. The van der Waals surface area contributed by atoms with Crippen molar-refractivity contribution < 1.29 is 5.21 Å². The van der Waals surface area contributed by atoms with Crippen LogP contribution < -0.4 is 0 Å². The van der Waals surface area contributed by atoms with Crippen LogP contribution in [0.15, 0.2) is 47.1 Å². The van der Waals surface area contributed by atoms with Crippen molar-refractivity contribution >= 4 is 5.71 Å². The third kappa shape index (κ3) is 3.17. The summed E-state index contributed by atoms with van der Waals surface area (Å²) in [5.74, 6) is 0. The highest BCUT2D eigenvalue weighted by atomic mass is 16.4. The van der Waals surface area contributed by atoms with Gasteiger partial charge in [-0.25, -0.2) is 0 Å². The molecular formula is C14H18N2O. The Kier molecular flexibility index (Phi) is 3.94. The molecule has 0 saturated carbocycles. The SMILES string of the molecule is CC(=NO)C1=CCCN(Cc2ccccc2)C1. The zero-order valence-corrected chi connectivity index (χ0v) is 10.1. The summed E-state index contributed by atoms with van der Waals surface area (Å²) in [6, 6.07) is 10.5. The monoisotopic (exact) mass is 230 g/mol. The predicted molar refractivity (Wildman–Crippen MR) is 69.3 cm³/mol. The summed E-state index contributed by atoms with van der Waals surface area (Å²) in [7, 11) is 0. The number of hydrogen-bond donors (Lipinski definition) is 1. The van der Waals surface area contributed by atoms with E-state index in [1.165, 1.54) is 5.56 Å². The number of hydrogen-bond acceptors (Lipinski definition) is 3. The van der Waals surface area contributed by atoms with Crippen molar-refractivity contribution in [2.45, 2.75) is 19.9 Å². The molecule has 0 atom stereocenters. The Hall–Kier alpha value is -1.61. The first-order chi connectivity index (χ1) is 8.29. The van der Waals surface area contributed by atoms with Gasteiger partial charge in [0.25, 0.3) is 0 Å². The topological polar surface area (TPSA) is 35.8 Å². The Morgan fingerprint density at radius 1 is 1.35 bits per heavy atom. The molecular weight excluding hydrogens is 212 g/mol. The summed E-state index contributed by atoms with van der Waals surface area (Å²) < 4.78 is 0. The highest BCUT2D eigenvalue weighted by Crippen LogP contribution is 2.14. The van der Waals surface area contributed by atoms with Gasteiger partial charge in [-0.05, 0) is 24.5 Å². The van der Waals surface area contributed by atoms with E-state index in [1.54, 1.807) is 0 Å². The van der Waals surface area contributed by atoms with Crippen LogP contribution in [0.25, 0.3) is 0 Å². The van der Waals surface area contributed by atoms with Crippen LogP contribution in [0.2, 0.25) is 0 Å². The number of rotatable bonds is 3. The van der Waals surface area contributed by atoms with E-state index in [2.05, 4.69) is 40.4 Å². The molecule has 17 heavy (non-hydrogen) atoms. The van der Waals surface area contributed by atoms with Crippen molar-refractivity contribution in [3.8, 4) is 0 Å². The lowest BCUT2D eigenvalue weighted by molar-refractivity contribution is 0.283. The summed E-state index contributed by atoms with van der Waals surface area (Å²) >= 11 is 0. The molecule has 0 unspecified atom stereocenters. The molecule has 0 saturated heterocycles. The van der Waals surface area contributed by atoms with Crippen LogP contribution in [0.1, 0.15) is 18.9 Å². The van der Waals surface area contributed by atoms with Gasteiger partial charge in [0.1, 0.15) is 0 Å². The fourth-order valence-electron chi connectivity index (χ4n) is 2.11. The summed E-state index contributed by atoms with van der Waals surface area (Å²) in [6.45, 7) is 4.73. The highest BCUT2D eigenvalue weighted by Gasteiger charge is 2.14. The molecule has 0 radical (unpaired) electrons. The van der Waals surface area contributed by atoms with E-state index in [0.717, 1.165) is 37.3 Å². The molecule has 0 spiro atoms. The molecule has 2 rings (SSSR count). The van der Waals surface area contributed by atoms with Crippen LogP contribution in [0.4, 0.5) is 0 Å². The van der Waals surface area contributed by atoms with E-state index < -0.39 is 0 Å². The van der Waals surface area contributed by atoms with Crippen LogP contribution in [0.5, 0.6) is 0 Å². The van der Waals surface area contributed by atoms with E-state index in [-0.39, 0.29) is 0 Å². The predicted octanol–water partition coefficient (Wildman–Crippen LogP) is 2.67. The maximum atomic E-state index is 8.79. The van der Waals surface area contributed by atoms with Crippen molar-refractivity contribution in [3.05, 3.63) is 47.5 Å². The third-order valence-electron chi connectivity index (χ3n) is 3.09. The summed E-state index contributed by atoms with van der Waals surface area (Å²) in [4.78, 5) is 2.37. The van der Waals surface area contributed by atoms with Gasteiger partial charge in [0, 0.05) is 19.6 Å². The molecule has 0 amide bonds. The zero-order valence-electron chi connectivity index (χ0n) is 10.1. The van der Waals surface area contributed by atoms with Gasteiger partial charge in [0.15, 0.2) is 0 Å². The molecule has 1 aromatic carbocycles. The number of benzene rings is 1. The molecule has 3 nitrogen and oxygen atoms in total. The Morgan fingerprint density at radius 2 is 2.12 bits per heavy atom. The van der Waals surface area contributed by atoms with E-state index in [4.69, 9.17) is 5.21 Å². The van der Waals surface area contributed by atoms with Crippen LogP contribution in [-0.2, 0) is 6.54 Å². The summed E-state index contributed by atoms with van der Waals surface area (Å²) in [5.41, 5.74) is 3.18. The second kappa shape index (κ2) is 5.64. The first kappa shape index (κ1) is 11.9. The van der Waals surface area contributed by atoms with Crippen molar-refractivity contribution in [1.29, 1.82) is 0 Å². The van der Waals surface area contributed by atoms with E-state index >= 15 is 0 Å². The Morgan fingerprint density at radius 3 is 2.82 bits per heavy atom. The number of oxime groups is 1. The molecule has 1 aliphatic heterocycles. The van der Waals surface area contributed by atoms with Gasteiger partial charge in [-0.2, -0.15) is 0 Å². The van der Waals surface area contributed by atoms with E-state index in [0.29, 0.717) is 0 Å². The summed E-state index contributed by atoms with van der Waals surface area (Å²) in [5, 5.41) is 12.1. The van der Waals surface area contributed by atoms with Crippen LogP contribution in [0, 0.1) is 0 Å². The first-order valence-electron chi connectivity index (χ1n) is 5.94. The molecule has 3 heteroatoms. The second-order valence-corrected chi connectivity index (χ2v) is 4.40. The highest BCUT2D eigenvalue weighted by molar-refractivity contribution is 5.98. The normalized spacial score (nSPS) is 17.9. The minimum atomic E-state index is 0.725. The fraction of sp³-hybridized carbons (Fsp3) is 0.357. The lowest BCUT2D eigenvalue weighted by Crippen LogP contribution is -2.31. The lowest BCUT2D eigenvalue weighted by Gasteiger charge is -2.26. The van der Waals surface area contributed by atoms with Gasteiger partial charge in [-0.1, -0.05) is 41.6 Å². The average Bonchev–Trinajstić information content (AvgIpc) is 2.39. The molecule has 90 valence electrons. The molecule has 1 aromatic rings. The standard InChI is InChI=1S/C14H18N2O/c1-12(15-17)14-8-5-9-16(11-14)10-13-6-3-2-4-7-13/h2-4,6-8,17H,5,9-11H2,1H3. The molecule has 0 aliphatic carbocycles. The van der Waals surface area contributed by atoms with Gasteiger partial charge in [0.2, 0.25) is 0 Å². The van der Waals surface area contributed by atoms with Crippen LogP contribution in [0.3, 0.4) is 0 Å². The molecule has 1 N–H and O–H groups in total. The van der Waals surface area contributed by atoms with Crippen molar-refractivity contribution in [2.24, 2.45) is 5.16 Å². The first-order valence-corrected chi connectivity index (χ1v) is 5.94. The van der Waals surface area contributed by atoms with Crippen molar-refractivity contribution in [3.63, 3.8) is 0 Å². The minimum absolute atomic E-state index is 0.725. The van der Waals surface area contributed by atoms with Gasteiger partial charge in [0.05, 0.1) is 5.71 Å². The Labute approximate surface area is 102 Å². The Balaban J connectivity index is 1.99.